The molecule has 1 aromatic carbocycles. The van der Waals surface area contributed by atoms with Crippen molar-refractivity contribution < 1.29 is 14.3 Å². The molecule has 0 fully saturated rings. The van der Waals surface area contributed by atoms with Crippen LogP contribution in [0.25, 0.3) is 0 Å². The van der Waals surface area contributed by atoms with Gasteiger partial charge in [0.2, 0.25) is 5.91 Å². The molecule has 110 valence electrons. The number of methoxy groups -OCH3 is 1. The van der Waals surface area contributed by atoms with Crippen LogP contribution in [0.1, 0.15) is 37.6 Å². The van der Waals surface area contributed by atoms with Crippen LogP contribution < -0.4 is 10.6 Å². The molecule has 1 rings (SSSR count). The van der Waals surface area contributed by atoms with Gasteiger partial charge in [-0.1, -0.05) is 12.1 Å². The molecule has 0 heterocycles. The lowest BCUT2D eigenvalue weighted by Crippen LogP contribution is -2.37. The number of rotatable bonds is 5. The lowest BCUT2D eigenvalue weighted by molar-refractivity contribution is -0.116. The second kappa shape index (κ2) is 7.05. The molecule has 20 heavy (non-hydrogen) atoms. The van der Waals surface area contributed by atoms with Crippen LogP contribution in [0.3, 0.4) is 0 Å². The van der Waals surface area contributed by atoms with Crippen LogP contribution >= 0.6 is 0 Å². The van der Waals surface area contributed by atoms with Crippen LogP contribution in [0.5, 0.6) is 0 Å². The highest BCUT2D eigenvalue weighted by Gasteiger charge is 2.14. The van der Waals surface area contributed by atoms with Gasteiger partial charge in [-0.05, 0) is 32.9 Å². The van der Waals surface area contributed by atoms with Gasteiger partial charge in [0, 0.05) is 18.5 Å². The van der Waals surface area contributed by atoms with Gasteiger partial charge in [0.15, 0.2) is 0 Å². The Labute approximate surface area is 119 Å². The third-order valence-electron chi connectivity index (χ3n) is 2.61. The maximum absolute atomic E-state index is 11.9. The van der Waals surface area contributed by atoms with Gasteiger partial charge in [-0.2, -0.15) is 0 Å². The van der Waals surface area contributed by atoms with Crippen molar-refractivity contribution in [3.8, 4) is 0 Å². The number of amides is 1. The molecule has 1 aromatic rings. The third kappa shape index (κ3) is 5.40. The van der Waals surface area contributed by atoms with E-state index in [1.165, 1.54) is 7.11 Å². The monoisotopic (exact) mass is 278 g/mol. The van der Waals surface area contributed by atoms with Crippen molar-refractivity contribution in [2.75, 3.05) is 19.0 Å². The van der Waals surface area contributed by atoms with E-state index in [9.17, 15) is 9.59 Å². The number of carbonyl (C=O) groups is 2. The molecular weight excluding hydrogens is 256 g/mol. The van der Waals surface area contributed by atoms with E-state index >= 15 is 0 Å². The van der Waals surface area contributed by atoms with Gasteiger partial charge >= 0.3 is 5.97 Å². The Balaban J connectivity index is 2.60. The highest BCUT2D eigenvalue weighted by Crippen LogP contribution is 2.16. The quantitative estimate of drug-likeness (QED) is 0.810. The van der Waals surface area contributed by atoms with Crippen molar-refractivity contribution in [1.82, 2.24) is 5.32 Å². The third-order valence-corrected chi connectivity index (χ3v) is 2.61. The largest absolute Gasteiger partial charge is 0.465 e. The van der Waals surface area contributed by atoms with Crippen molar-refractivity contribution in [2.24, 2.45) is 0 Å². The maximum Gasteiger partial charge on any atom is 0.339 e. The number of para-hydroxylation sites is 1. The number of benzene rings is 1. The first-order valence-corrected chi connectivity index (χ1v) is 6.56. The molecule has 5 heteroatoms. The van der Waals surface area contributed by atoms with Gasteiger partial charge < -0.3 is 15.4 Å². The molecule has 0 aliphatic heterocycles. The fraction of sp³-hybridized carbons (Fsp3) is 0.467. The average Bonchev–Trinajstić information content (AvgIpc) is 2.37. The molecule has 5 nitrogen and oxygen atoms in total. The van der Waals surface area contributed by atoms with E-state index in [0.29, 0.717) is 24.2 Å². The summed E-state index contributed by atoms with van der Waals surface area (Å²) < 4.78 is 4.68. The number of carbonyl (C=O) groups excluding carboxylic acids is 2. The van der Waals surface area contributed by atoms with Gasteiger partial charge in [0.25, 0.3) is 0 Å². The topological polar surface area (TPSA) is 67.4 Å². The van der Waals surface area contributed by atoms with Gasteiger partial charge in [-0.3, -0.25) is 4.79 Å². The highest BCUT2D eigenvalue weighted by molar-refractivity contribution is 6.01. The molecule has 0 unspecified atom stereocenters. The number of hydrogen-bond donors (Lipinski definition) is 2. The average molecular weight is 278 g/mol. The summed E-state index contributed by atoms with van der Waals surface area (Å²) in [6.45, 7) is 6.70. The van der Waals surface area contributed by atoms with Gasteiger partial charge in [-0.25, -0.2) is 4.79 Å². The number of esters is 1. The number of nitrogens with one attached hydrogen (secondary N) is 2. The first-order chi connectivity index (χ1) is 9.33. The predicted molar refractivity (Wildman–Crippen MR) is 78.8 cm³/mol. The van der Waals surface area contributed by atoms with E-state index in [1.54, 1.807) is 24.3 Å². The molecule has 1 amide bonds. The van der Waals surface area contributed by atoms with Crippen molar-refractivity contribution in [2.45, 2.75) is 32.7 Å². The lowest BCUT2D eigenvalue weighted by Gasteiger charge is -2.20. The van der Waals surface area contributed by atoms with E-state index in [-0.39, 0.29) is 11.4 Å². The Bertz CT molecular complexity index is 478. The van der Waals surface area contributed by atoms with Gasteiger partial charge in [-0.15, -0.1) is 0 Å². The maximum atomic E-state index is 11.9. The fourth-order valence-corrected chi connectivity index (χ4v) is 1.64. The number of hydrogen-bond acceptors (Lipinski definition) is 4. The summed E-state index contributed by atoms with van der Waals surface area (Å²) in [5.41, 5.74) is 0.803. The van der Waals surface area contributed by atoms with Crippen molar-refractivity contribution in [1.29, 1.82) is 0 Å². The smallest absolute Gasteiger partial charge is 0.339 e. The Hall–Kier alpha value is -1.88. The minimum absolute atomic E-state index is 0.0236. The molecule has 0 radical (unpaired) electrons. The summed E-state index contributed by atoms with van der Waals surface area (Å²) in [6.07, 6.45) is 0.340. The van der Waals surface area contributed by atoms with Gasteiger partial charge in [0.05, 0.1) is 18.4 Å². The first-order valence-electron chi connectivity index (χ1n) is 6.56. The molecule has 0 aliphatic rings. The summed E-state index contributed by atoms with van der Waals surface area (Å²) in [4.78, 5) is 23.4. The van der Waals surface area contributed by atoms with Crippen LogP contribution in [-0.4, -0.2) is 31.1 Å². The molecule has 0 saturated carbocycles. The van der Waals surface area contributed by atoms with E-state index in [0.717, 1.165) is 0 Å². The van der Waals surface area contributed by atoms with Gasteiger partial charge in [0.1, 0.15) is 0 Å². The summed E-state index contributed by atoms with van der Waals surface area (Å²) in [6, 6.07) is 6.79. The zero-order chi connectivity index (χ0) is 15.2. The lowest BCUT2D eigenvalue weighted by atomic mass is 10.1. The fourth-order valence-electron chi connectivity index (χ4n) is 1.64. The second-order valence-electron chi connectivity index (χ2n) is 5.51. The summed E-state index contributed by atoms with van der Waals surface area (Å²) >= 11 is 0. The number of ether oxygens (including phenoxy) is 1. The molecule has 0 aliphatic carbocycles. The summed E-state index contributed by atoms with van der Waals surface area (Å²) in [7, 11) is 1.31. The summed E-state index contributed by atoms with van der Waals surface area (Å²) in [5.74, 6) is -0.605. The van der Waals surface area contributed by atoms with Crippen LogP contribution in [0, 0.1) is 0 Å². The Kier molecular flexibility index (Phi) is 5.70. The second-order valence-corrected chi connectivity index (χ2v) is 5.51. The zero-order valence-corrected chi connectivity index (χ0v) is 12.4. The first kappa shape index (κ1) is 16.2. The van der Waals surface area contributed by atoms with Crippen LogP contribution in [0.15, 0.2) is 24.3 Å². The molecule has 2 N–H and O–H groups in total. The van der Waals surface area contributed by atoms with Crippen LogP contribution in [-0.2, 0) is 9.53 Å². The van der Waals surface area contributed by atoms with Crippen molar-refractivity contribution in [3.05, 3.63) is 29.8 Å². The zero-order valence-electron chi connectivity index (χ0n) is 12.4. The highest BCUT2D eigenvalue weighted by atomic mass is 16.5. The van der Waals surface area contributed by atoms with E-state index < -0.39 is 5.97 Å². The minimum Gasteiger partial charge on any atom is -0.465 e. The Morgan fingerprint density at radius 3 is 2.45 bits per heavy atom. The molecule has 0 spiro atoms. The van der Waals surface area contributed by atoms with Crippen molar-refractivity contribution in [3.63, 3.8) is 0 Å². The number of anilines is 1. The minimum atomic E-state index is -0.464. The Morgan fingerprint density at radius 1 is 1.20 bits per heavy atom. The van der Waals surface area contributed by atoms with Crippen LogP contribution in [0.2, 0.25) is 0 Å². The molecular formula is C15H22N2O3. The van der Waals surface area contributed by atoms with E-state index in [2.05, 4.69) is 15.4 Å². The van der Waals surface area contributed by atoms with E-state index in [1.807, 2.05) is 20.8 Å². The SMILES string of the molecule is COC(=O)c1ccccc1NC(=O)CCNC(C)(C)C. The predicted octanol–water partition coefficient (Wildman–Crippen LogP) is 2.19. The normalized spacial score (nSPS) is 11.0. The molecule has 0 bridgehead atoms. The Morgan fingerprint density at radius 2 is 1.85 bits per heavy atom. The van der Waals surface area contributed by atoms with E-state index in [4.69, 9.17) is 0 Å². The van der Waals surface area contributed by atoms with Crippen LogP contribution in [0.4, 0.5) is 5.69 Å². The molecule has 0 atom stereocenters. The summed E-state index contributed by atoms with van der Waals surface area (Å²) in [5, 5.41) is 5.97. The molecule has 0 aromatic heterocycles. The van der Waals surface area contributed by atoms with Crippen molar-refractivity contribution >= 4 is 17.6 Å². The molecule has 0 saturated heterocycles. The standard InChI is InChI=1S/C15H22N2O3/c1-15(2,3)16-10-9-13(18)17-12-8-6-5-7-11(12)14(19)20-4/h5-8,16H,9-10H2,1-4H3,(H,17,18).